The molecule has 0 heterocycles. The number of methoxy groups -OCH3 is 1. The molecule has 0 aliphatic heterocycles. The molecule has 2 unspecified atom stereocenters. The highest BCUT2D eigenvalue weighted by Crippen LogP contribution is 2.25. The van der Waals surface area contributed by atoms with E-state index in [1.165, 1.54) is 7.11 Å². The van der Waals surface area contributed by atoms with Crippen molar-refractivity contribution < 1.29 is 14.3 Å². The molecular formula is C15H21NO3. The minimum Gasteiger partial charge on any atom is -0.468 e. The molecule has 0 bridgehead atoms. The number of hydrogen-bond donors (Lipinski definition) is 1. The maximum absolute atomic E-state index is 12.2. The highest BCUT2D eigenvalue weighted by molar-refractivity contribution is 6.00. The van der Waals surface area contributed by atoms with Gasteiger partial charge in [0, 0.05) is 12.0 Å². The Bertz CT molecular complexity index is 444. The van der Waals surface area contributed by atoms with Crippen LogP contribution in [0.3, 0.4) is 0 Å². The van der Waals surface area contributed by atoms with E-state index in [2.05, 4.69) is 0 Å². The second-order valence-electron chi connectivity index (χ2n) is 4.81. The van der Waals surface area contributed by atoms with Crippen LogP contribution < -0.4 is 5.73 Å². The van der Waals surface area contributed by atoms with Gasteiger partial charge in [-0.2, -0.15) is 0 Å². The van der Waals surface area contributed by atoms with Gasteiger partial charge in [-0.25, -0.2) is 0 Å². The molecule has 0 saturated carbocycles. The summed E-state index contributed by atoms with van der Waals surface area (Å²) in [6.45, 7) is 3.79. The van der Waals surface area contributed by atoms with E-state index in [1.807, 2.05) is 19.9 Å². The highest BCUT2D eigenvalue weighted by Gasteiger charge is 2.42. The Morgan fingerprint density at radius 2 is 1.89 bits per heavy atom. The van der Waals surface area contributed by atoms with Gasteiger partial charge in [0.15, 0.2) is 5.78 Å². The summed E-state index contributed by atoms with van der Waals surface area (Å²) in [7, 11) is 1.29. The number of hydrogen-bond acceptors (Lipinski definition) is 4. The summed E-state index contributed by atoms with van der Waals surface area (Å²) in [6.07, 6.45) is 0.659. The first-order valence-corrected chi connectivity index (χ1v) is 6.41. The van der Waals surface area contributed by atoms with Gasteiger partial charge >= 0.3 is 5.97 Å². The third-order valence-corrected chi connectivity index (χ3v) is 3.61. The van der Waals surface area contributed by atoms with Crippen LogP contribution in [0.15, 0.2) is 30.3 Å². The molecule has 0 radical (unpaired) electrons. The van der Waals surface area contributed by atoms with Crippen molar-refractivity contribution >= 4 is 11.8 Å². The summed E-state index contributed by atoms with van der Waals surface area (Å²) in [4.78, 5) is 24.1. The molecule has 2 atom stereocenters. The van der Waals surface area contributed by atoms with E-state index in [1.54, 1.807) is 24.3 Å². The number of carbonyl (C=O) groups is 2. The van der Waals surface area contributed by atoms with Crippen LogP contribution in [0.4, 0.5) is 0 Å². The van der Waals surface area contributed by atoms with Gasteiger partial charge < -0.3 is 10.5 Å². The van der Waals surface area contributed by atoms with Crippen molar-refractivity contribution in [1.29, 1.82) is 0 Å². The molecule has 0 fully saturated rings. The third-order valence-electron chi connectivity index (χ3n) is 3.61. The molecule has 0 aromatic heterocycles. The van der Waals surface area contributed by atoms with E-state index in [-0.39, 0.29) is 18.1 Å². The van der Waals surface area contributed by atoms with Crippen LogP contribution >= 0.6 is 0 Å². The van der Waals surface area contributed by atoms with Gasteiger partial charge in [-0.15, -0.1) is 0 Å². The maximum Gasteiger partial charge on any atom is 0.326 e. The Kier molecular flexibility index (Phi) is 5.24. The van der Waals surface area contributed by atoms with Crippen LogP contribution in [-0.4, -0.2) is 24.4 Å². The summed E-state index contributed by atoms with van der Waals surface area (Å²) in [5.74, 6) is -0.812. The minimum absolute atomic E-state index is 0.0430. The van der Waals surface area contributed by atoms with Crippen molar-refractivity contribution in [2.24, 2.45) is 11.7 Å². The number of rotatable bonds is 6. The predicted molar refractivity (Wildman–Crippen MR) is 73.8 cm³/mol. The number of Topliss-reactive ketones (excluding diaryl/α,β-unsaturated/α-hetero) is 1. The standard InChI is InChI=1S/C15H21NO3/c1-4-11(2)15(16,14(18)19-3)10-13(17)12-8-6-5-7-9-12/h5-9,11H,4,10,16H2,1-3H3. The van der Waals surface area contributed by atoms with E-state index < -0.39 is 11.5 Å². The van der Waals surface area contributed by atoms with Gasteiger partial charge in [0.2, 0.25) is 0 Å². The van der Waals surface area contributed by atoms with Crippen LogP contribution in [0.1, 0.15) is 37.0 Å². The molecule has 1 rings (SSSR count). The number of nitrogens with two attached hydrogens (primary N) is 1. The molecule has 0 aliphatic carbocycles. The normalized spacial score (nSPS) is 15.4. The fraction of sp³-hybridized carbons (Fsp3) is 0.467. The van der Waals surface area contributed by atoms with Gasteiger partial charge in [-0.3, -0.25) is 9.59 Å². The lowest BCUT2D eigenvalue weighted by atomic mass is 9.79. The number of ether oxygens (including phenoxy) is 1. The van der Waals surface area contributed by atoms with Crippen LogP contribution in [0.2, 0.25) is 0 Å². The first kappa shape index (κ1) is 15.4. The largest absolute Gasteiger partial charge is 0.468 e. The molecule has 1 aromatic rings. The van der Waals surface area contributed by atoms with Crippen molar-refractivity contribution in [3.05, 3.63) is 35.9 Å². The molecular weight excluding hydrogens is 242 g/mol. The van der Waals surface area contributed by atoms with Gasteiger partial charge in [-0.05, 0) is 5.92 Å². The van der Waals surface area contributed by atoms with Crippen molar-refractivity contribution in [2.45, 2.75) is 32.2 Å². The molecule has 1 aromatic carbocycles. The first-order chi connectivity index (χ1) is 8.95. The molecule has 0 amide bonds. The fourth-order valence-electron chi connectivity index (χ4n) is 1.99. The lowest BCUT2D eigenvalue weighted by Gasteiger charge is -2.31. The Balaban J connectivity index is 2.96. The van der Waals surface area contributed by atoms with E-state index in [4.69, 9.17) is 10.5 Å². The fourth-order valence-corrected chi connectivity index (χ4v) is 1.99. The topological polar surface area (TPSA) is 69.4 Å². The number of benzene rings is 1. The Morgan fingerprint density at radius 1 is 1.32 bits per heavy atom. The molecule has 104 valence electrons. The van der Waals surface area contributed by atoms with E-state index in [0.717, 1.165) is 0 Å². The van der Waals surface area contributed by atoms with E-state index in [0.29, 0.717) is 12.0 Å². The zero-order chi connectivity index (χ0) is 14.5. The van der Waals surface area contributed by atoms with Crippen LogP contribution in [0.25, 0.3) is 0 Å². The van der Waals surface area contributed by atoms with Gasteiger partial charge in [0.05, 0.1) is 7.11 Å². The lowest BCUT2D eigenvalue weighted by Crippen LogP contribution is -2.55. The summed E-state index contributed by atoms with van der Waals surface area (Å²) in [5.41, 5.74) is 5.44. The number of ketones is 1. The molecule has 0 aliphatic rings. The average Bonchev–Trinajstić information content (AvgIpc) is 2.45. The van der Waals surface area contributed by atoms with Gasteiger partial charge in [-0.1, -0.05) is 50.6 Å². The monoisotopic (exact) mass is 263 g/mol. The maximum atomic E-state index is 12.2. The zero-order valence-electron chi connectivity index (χ0n) is 11.7. The van der Waals surface area contributed by atoms with Crippen molar-refractivity contribution in [3.63, 3.8) is 0 Å². The SMILES string of the molecule is CCC(C)C(N)(CC(=O)c1ccccc1)C(=O)OC. The molecule has 2 N–H and O–H groups in total. The Hall–Kier alpha value is -1.68. The van der Waals surface area contributed by atoms with Crippen LogP contribution in [0.5, 0.6) is 0 Å². The average molecular weight is 263 g/mol. The Labute approximate surface area is 113 Å². The summed E-state index contributed by atoms with van der Waals surface area (Å²) < 4.78 is 4.76. The molecule has 19 heavy (non-hydrogen) atoms. The third kappa shape index (κ3) is 3.41. The molecule has 4 nitrogen and oxygen atoms in total. The molecule has 0 saturated heterocycles. The number of carbonyl (C=O) groups excluding carboxylic acids is 2. The minimum atomic E-state index is -1.27. The van der Waals surface area contributed by atoms with Gasteiger partial charge in [0.1, 0.15) is 5.54 Å². The van der Waals surface area contributed by atoms with E-state index in [9.17, 15) is 9.59 Å². The molecule has 4 heteroatoms. The second-order valence-corrected chi connectivity index (χ2v) is 4.81. The summed E-state index contributed by atoms with van der Waals surface area (Å²) >= 11 is 0. The van der Waals surface area contributed by atoms with Crippen LogP contribution in [0, 0.1) is 5.92 Å². The van der Waals surface area contributed by atoms with Crippen molar-refractivity contribution in [2.75, 3.05) is 7.11 Å². The quantitative estimate of drug-likeness (QED) is 0.631. The zero-order valence-corrected chi connectivity index (χ0v) is 11.7. The number of esters is 1. The Morgan fingerprint density at radius 3 is 2.37 bits per heavy atom. The second kappa shape index (κ2) is 6.48. The smallest absolute Gasteiger partial charge is 0.326 e. The first-order valence-electron chi connectivity index (χ1n) is 6.41. The summed E-state index contributed by atoms with van der Waals surface area (Å²) in [6, 6.07) is 8.84. The van der Waals surface area contributed by atoms with Crippen molar-refractivity contribution in [1.82, 2.24) is 0 Å². The van der Waals surface area contributed by atoms with Gasteiger partial charge in [0.25, 0.3) is 0 Å². The molecule has 0 spiro atoms. The van der Waals surface area contributed by atoms with Crippen LogP contribution in [-0.2, 0) is 9.53 Å². The van der Waals surface area contributed by atoms with Crippen molar-refractivity contribution in [3.8, 4) is 0 Å². The van der Waals surface area contributed by atoms with E-state index >= 15 is 0 Å². The predicted octanol–water partition coefficient (Wildman–Crippen LogP) is 2.18. The highest BCUT2D eigenvalue weighted by atomic mass is 16.5. The lowest BCUT2D eigenvalue weighted by molar-refractivity contribution is -0.149. The summed E-state index contributed by atoms with van der Waals surface area (Å²) in [5, 5.41) is 0.